The molecule has 34 heavy (non-hydrogen) atoms. The summed E-state index contributed by atoms with van der Waals surface area (Å²) in [4.78, 5) is 39.8. The molecule has 0 unspecified atom stereocenters. The zero-order valence-electron chi connectivity index (χ0n) is 19.3. The summed E-state index contributed by atoms with van der Waals surface area (Å²) in [5.74, 6) is 0.783. The number of halogens is 1. The van der Waals surface area contributed by atoms with E-state index < -0.39 is 0 Å². The van der Waals surface area contributed by atoms with Crippen LogP contribution in [0.3, 0.4) is 0 Å². The van der Waals surface area contributed by atoms with Crippen molar-refractivity contribution in [3.63, 3.8) is 0 Å². The summed E-state index contributed by atoms with van der Waals surface area (Å²) in [6, 6.07) is 0.213. The zero-order valence-corrected chi connectivity index (χ0v) is 20.1. The number of anilines is 2. The van der Waals surface area contributed by atoms with Gasteiger partial charge in [0.15, 0.2) is 0 Å². The molecule has 2 aromatic heterocycles. The van der Waals surface area contributed by atoms with Crippen molar-refractivity contribution >= 4 is 29.1 Å². The molecule has 3 aliphatic rings. The topological polar surface area (TPSA) is 108 Å². The highest BCUT2D eigenvalue weighted by molar-refractivity contribution is 6.30. The first-order valence-corrected chi connectivity index (χ1v) is 12.3. The highest BCUT2D eigenvalue weighted by Crippen LogP contribution is 2.35. The Labute approximate surface area is 203 Å². The first-order chi connectivity index (χ1) is 16.5. The van der Waals surface area contributed by atoms with Gasteiger partial charge in [-0.3, -0.25) is 9.59 Å². The van der Waals surface area contributed by atoms with Crippen LogP contribution in [-0.2, 0) is 9.53 Å². The van der Waals surface area contributed by atoms with E-state index in [0.717, 1.165) is 37.9 Å². The van der Waals surface area contributed by atoms with E-state index in [2.05, 4.69) is 30.0 Å². The van der Waals surface area contributed by atoms with Crippen molar-refractivity contribution in [2.45, 2.75) is 57.3 Å². The van der Waals surface area contributed by atoms with Gasteiger partial charge in [-0.25, -0.2) is 15.1 Å². The fraction of sp³-hybridized carbons (Fsp3) is 0.609. The van der Waals surface area contributed by atoms with Crippen LogP contribution in [0.25, 0.3) is 0 Å². The first-order valence-electron chi connectivity index (χ1n) is 12.0. The molecular weight excluding hydrogens is 458 g/mol. The van der Waals surface area contributed by atoms with Crippen LogP contribution in [0.1, 0.15) is 37.7 Å². The fourth-order valence-corrected chi connectivity index (χ4v) is 5.43. The Balaban J connectivity index is 1.14. The number of carbonyl (C=O) groups is 1. The summed E-state index contributed by atoms with van der Waals surface area (Å²) >= 11 is 5.87. The third-order valence-electron chi connectivity index (χ3n) is 7.18. The molecule has 0 aliphatic carbocycles. The lowest BCUT2D eigenvalue weighted by atomic mass is 10.0. The Morgan fingerprint density at radius 3 is 2.65 bits per heavy atom. The van der Waals surface area contributed by atoms with Crippen LogP contribution in [0.2, 0.25) is 5.02 Å². The predicted octanol–water partition coefficient (Wildman–Crippen LogP) is 1.78. The average molecular weight is 488 g/mol. The van der Waals surface area contributed by atoms with Crippen LogP contribution >= 0.6 is 11.6 Å². The molecule has 5 heterocycles. The number of aromatic amines is 1. The van der Waals surface area contributed by atoms with Crippen LogP contribution in [0.5, 0.6) is 0 Å². The predicted molar refractivity (Wildman–Crippen MR) is 128 cm³/mol. The Morgan fingerprint density at radius 2 is 1.88 bits per heavy atom. The molecule has 1 N–H and O–H groups in total. The summed E-state index contributed by atoms with van der Waals surface area (Å²) < 4.78 is 6.39. The zero-order chi connectivity index (χ0) is 23.7. The molecule has 3 aliphatic heterocycles. The lowest BCUT2D eigenvalue weighted by molar-refractivity contribution is -0.134. The Morgan fingerprint density at radius 1 is 1.12 bits per heavy atom. The van der Waals surface area contributed by atoms with Gasteiger partial charge in [-0.1, -0.05) is 11.6 Å². The van der Waals surface area contributed by atoms with Gasteiger partial charge in [-0.2, -0.15) is 5.10 Å². The van der Waals surface area contributed by atoms with Gasteiger partial charge in [0.1, 0.15) is 0 Å². The van der Waals surface area contributed by atoms with Crippen molar-refractivity contribution in [3.05, 3.63) is 39.5 Å². The molecule has 182 valence electrons. The second-order valence-electron chi connectivity index (χ2n) is 9.26. The van der Waals surface area contributed by atoms with Gasteiger partial charge in [-0.15, -0.1) is 0 Å². The fourth-order valence-electron chi connectivity index (χ4n) is 5.33. The number of piperazine rings is 1. The molecule has 0 bridgehead atoms. The van der Waals surface area contributed by atoms with Gasteiger partial charge in [0, 0.05) is 38.3 Å². The normalized spacial score (nSPS) is 25.2. The molecule has 3 fully saturated rings. The Kier molecular flexibility index (Phi) is 6.69. The molecular formula is C23H30ClN7O3. The highest BCUT2D eigenvalue weighted by Gasteiger charge is 2.39. The maximum Gasteiger partial charge on any atom is 0.269 e. The highest BCUT2D eigenvalue weighted by atomic mass is 35.5. The third-order valence-corrected chi connectivity index (χ3v) is 7.38. The Hall–Kier alpha value is -2.72. The number of ether oxygens (including phenoxy) is 1. The molecule has 0 saturated carbocycles. The van der Waals surface area contributed by atoms with Crippen molar-refractivity contribution in [2.75, 3.05) is 42.5 Å². The second-order valence-corrected chi connectivity index (χ2v) is 9.70. The van der Waals surface area contributed by atoms with E-state index in [9.17, 15) is 9.59 Å². The quantitative estimate of drug-likeness (QED) is 0.680. The number of nitrogens with zero attached hydrogens (tertiary/aromatic N) is 6. The summed E-state index contributed by atoms with van der Waals surface area (Å²) in [5.41, 5.74) is 1.42. The Bertz CT molecular complexity index is 1070. The van der Waals surface area contributed by atoms with Crippen molar-refractivity contribution in [3.8, 4) is 0 Å². The molecule has 10 nitrogen and oxygen atoms in total. The number of H-pyrrole nitrogens is 1. The number of aromatic nitrogens is 4. The third kappa shape index (κ3) is 4.74. The van der Waals surface area contributed by atoms with Crippen molar-refractivity contribution in [1.29, 1.82) is 0 Å². The lowest BCUT2D eigenvalue weighted by Crippen LogP contribution is -2.49. The number of carbonyl (C=O) groups excluding carboxylic acids is 1. The van der Waals surface area contributed by atoms with Crippen LogP contribution in [0, 0.1) is 6.92 Å². The molecule has 0 aromatic carbocycles. The smallest absolute Gasteiger partial charge is 0.269 e. The monoisotopic (exact) mass is 487 g/mol. The largest absolute Gasteiger partial charge is 0.372 e. The van der Waals surface area contributed by atoms with Crippen molar-refractivity contribution < 1.29 is 9.53 Å². The van der Waals surface area contributed by atoms with E-state index in [4.69, 9.17) is 16.3 Å². The summed E-state index contributed by atoms with van der Waals surface area (Å²) in [5, 5.41) is 7.01. The number of hydrogen-bond donors (Lipinski definition) is 1. The van der Waals surface area contributed by atoms with E-state index in [-0.39, 0.29) is 29.7 Å². The van der Waals surface area contributed by atoms with Gasteiger partial charge in [-0.05, 0) is 32.6 Å². The van der Waals surface area contributed by atoms with Crippen LogP contribution < -0.4 is 15.4 Å². The van der Waals surface area contributed by atoms with E-state index in [1.807, 2.05) is 11.8 Å². The number of hydrogen-bond acceptors (Lipinski definition) is 8. The second kappa shape index (κ2) is 9.87. The number of nitrogens with one attached hydrogen (secondary N) is 1. The van der Waals surface area contributed by atoms with Crippen molar-refractivity contribution in [2.24, 2.45) is 0 Å². The molecule has 2 aromatic rings. The standard InChI is InChI=1S/C23H30ClN7O3/c1-15-19(14-27-28-22(15)33)31-6-2-3-18(31)20-5-4-17(34-20)11-21(32)29-7-9-30(10-8-29)23-25-12-16(24)13-26-23/h12-14,17-18,20H,2-11H2,1H3,(H,28,33)/t17-,18+,20+/m1/s1. The van der Waals surface area contributed by atoms with Crippen LogP contribution in [-0.4, -0.2) is 81.9 Å². The average Bonchev–Trinajstić information content (AvgIpc) is 3.51. The minimum atomic E-state index is -0.151. The molecule has 3 saturated heterocycles. The number of amides is 1. The molecule has 11 heteroatoms. The van der Waals surface area contributed by atoms with Gasteiger partial charge in [0.25, 0.3) is 5.56 Å². The van der Waals surface area contributed by atoms with Crippen LogP contribution in [0.4, 0.5) is 11.6 Å². The van der Waals surface area contributed by atoms with E-state index in [1.54, 1.807) is 18.6 Å². The number of rotatable bonds is 5. The van der Waals surface area contributed by atoms with Gasteiger partial charge in [0.05, 0.1) is 54.0 Å². The van der Waals surface area contributed by atoms with Gasteiger partial charge in [0.2, 0.25) is 11.9 Å². The minimum Gasteiger partial charge on any atom is -0.372 e. The summed E-state index contributed by atoms with van der Waals surface area (Å²) in [6.45, 7) is 5.41. The van der Waals surface area contributed by atoms with E-state index in [1.165, 1.54) is 0 Å². The summed E-state index contributed by atoms with van der Waals surface area (Å²) in [7, 11) is 0. The molecule has 1 amide bonds. The molecule has 3 atom stereocenters. The first kappa shape index (κ1) is 23.0. The maximum atomic E-state index is 13.0. The van der Waals surface area contributed by atoms with Gasteiger partial charge < -0.3 is 19.4 Å². The molecule has 5 rings (SSSR count). The SMILES string of the molecule is Cc1c(N2CCC[C@H]2[C@@H]2CC[C@H](CC(=O)N3CCN(c4ncc(Cl)cn4)CC3)O2)cn[nH]c1=O. The lowest BCUT2D eigenvalue weighted by Gasteiger charge is -2.35. The van der Waals surface area contributed by atoms with Gasteiger partial charge >= 0.3 is 0 Å². The van der Waals surface area contributed by atoms with Crippen LogP contribution in [0.15, 0.2) is 23.4 Å². The summed E-state index contributed by atoms with van der Waals surface area (Å²) in [6.07, 6.45) is 9.22. The molecule has 0 radical (unpaired) electrons. The molecule has 0 spiro atoms. The minimum absolute atomic E-state index is 0.0593. The van der Waals surface area contributed by atoms with Crippen molar-refractivity contribution in [1.82, 2.24) is 25.1 Å². The maximum absolute atomic E-state index is 13.0. The van der Waals surface area contributed by atoms with E-state index in [0.29, 0.717) is 49.1 Å². The van der Waals surface area contributed by atoms with E-state index >= 15 is 0 Å².